The maximum Gasteiger partial charge on any atom is 0.123 e. The predicted molar refractivity (Wildman–Crippen MR) is 56.9 cm³/mol. The molecule has 1 aromatic rings. The number of ether oxygens (including phenoxy) is 1. The molecule has 1 aromatic heterocycles. The van der Waals surface area contributed by atoms with Gasteiger partial charge < -0.3 is 10.5 Å². The number of likely N-dealkylation sites (N-methyl/N-ethyl adjacent to an activating group) is 1. The standard InChI is InChI=1S/C10H17N3O/c1-13(5-6-14-2)8-9-3-4-12-10(11)7-9/h3-4,7H,5-6,8H2,1-2H3,(H2,11,12). The van der Waals surface area contributed by atoms with Crippen LogP contribution in [-0.4, -0.2) is 37.2 Å². The van der Waals surface area contributed by atoms with Crippen LogP contribution in [0.1, 0.15) is 5.56 Å². The monoisotopic (exact) mass is 195 g/mol. The summed E-state index contributed by atoms with van der Waals surface area (Å²) >= 11 is 0. The summed E-state index contributed by atoms with van der Waals surface area (Å²) in [5, 5.41) is 0. The molecule has 0 radical (unpaired) electrons. The van der Waals surface area contributed by atoms with Gasteiger partial charge in [-0.3, -0.25) is 4.90 Å². The molecular weight excluding hydrogens is 178 g/mol. The van der Waals surface area contributed by atoms with Crippen molar-refractivity contribution in [3.63, 3.8) is 0 Å². The fourth-order valence-corrected chi connectivity index (χ4v) is 1.23. The van der Waals surface area contributed by atoms with Gasteiger partial charge in [0.2, 0.25) is 0 Å². The van der Waals surface area contributed by atoms with Gasteiger partial charge in [0.1, 0.15) is 5.82 Å². The lowest BCUT2D eigenvalue weighted by molar-refractivity contribution is 0.158. The Bertz CT molecular complexity index is 278. The van der Waals surface area contributed by atoms with E-state index in [1.165, 1.54) is 5.56 Å². The lowest BCUT2D eigenvalue weighted by atomic mass is 10.2. The van der Waals surface area contributed by atoms with E-state index in [1.54, 1.807) is 13.3 Å². The van der Waals surface area contributed by atoms with Crippen molar-refractivity contribution in [2.45, 2.75) is 6.54 Å². The highest BCUT2D eigenvalue weighted by Crippen LogP contribution is 2.05. The molecule has 14 heavy (non-hydrogen) atoms. The minimum atomic E-state index is 0.572. The quantitative estimate of drug-likeness (QED) is 0.753. The molecule has 4 nitrogen and oxygen atoms in total. The molecule has 0 fully saturated rings. The topological polar surface area (TPSA) is 51.4 Å². The zero-order valence-electron chi connectivity index (χ0n) is 8.73. The number of methoxy groups -OCH3 is 1. The number of nitrogen functional groups attached to an aromatic ring is 1. The van der Waals surface area contributed by atoms with Gasteiger partial charge in [0.15, 0.2) is 0 Å². The lowest BCUT2D eigenvalue weighted by Gasteiger charge is -2.15. The third-order valence-corrected chi connectivity index (χ3v) is 1.98. The van der Waals surface area contributed by atoms with E-state index in [4.69, 9.17) is 10.5 Å². The van der Waals surface area contributed by atoms with Crippen LogP contribution in [0.2, 0.25) is 0 Å². The van der Waals surface area contributed by atoms with Crippen molar-refractivity contribution in [3.05, 3.63) is 23.9 Å². The maximum atomic E-state index is 5.58. The Morgan fingerprint density at radius 2 is 2.36 bits per heavy atom. The van der Waals surface area contributed by atoms with Crippen LogP contribution in [-0.2, 0) is 11.3 Å². The first-order valence-corrected chi connectivity index (χ1v) is 4.60. The molecule has 0 bridgehead atoms. The number of rotatable bonds is 5. The molecule has 4 heteroatoms. The highest BCUT2D eigenvalue weighted by Gasteiger charge is 2.00. The predicted octanol–water partition coefficient (Wildman–Crippen LogP) is 0.742. The minimum Gasteiger partial charge on any atom is -0.384 e. The van der Waals surface area contributed by atoms with E-state index < -0.39 is 0 Å². The second-order valence-corrected chi connectivity index (χ2v) is 3.32. The van der Waals surface area contributed by atoms with Crippen molar-refractivity contribution in [2.75, 3.05) is 33.0 Å². The van der Waals surface area contributed by atoms with E-state index in [1.807, 2.05) is 12.1 Å². The average Bonchev–Trinajstić information content (AvgIpc) is 2.15. The van der Waals surface area contributed by atoms with Gasteiger partial charge in [0, 0.05) is 26.4 Å². The van der Waals surface area contributed by atoms with Crippen molar-refractivity contribution in [1.82, 2.24) is 9.88 Å². The first kappa shape index (κ1) is 10.9. The number of pyridine rings is 1. The Balaban J connectivity index is 2.43. The summed E-state index contributed by atoms with van der Waals surface area (Å²) in [6, 6.07) is 3.86. The molecule has 1 heterocycles. The van der Waals surface area contributed by atoms with Crippen LogP contribution < -0.4 is 5.73 Å². The van der Waals surface area contributed by atoms with Crippen LogP contribution in [0.5, 0.6) is 0 Å². The van der Waals surface area contributed by atoms with E-state index >= 15 is 0 Å². The van der Waals surface area contributed by atoms with Crippen LogP contribution in [0.3, 0.4) is 0 Å². The fourth-order valence-electron chi connectivity index (χ4n) is 1.23. The smallest absolute Gasteiger partial charge is 0.123 e. The summed E-state index contributed by atoms with van der Waals surface area (Å²) in [6.45, 7) is 2.53. The molecule has 0 amide bonds. The highest BCUT2D eigenvalue weighted by molar-refractivity contribution is 5.31. The van der Waals surface area contributed by atoms with Crippen molar-refractivity contribution in [3.8, 4) is 0 Å². The molecule has 0 aliphatic carbocycles. The van der Waals surface area contributed by atoms with Gasteiger partial charge in [-0.05, 0) is 24.7 Å². The number of nitrogens with zero attached hydrogens (tertiary/aromatic N) is 2. The average molecular weight is 195 g/mol. The summed E-state index contributed by atoms with van der Waals surface area (Å²) in [5.74, 6) is 0.572. The molecule has 0 saturated carbocycles. The van der Waals surface area contributed by atoms with Gasteiger partial charge >= 0.3 is 0 Å². The van der Waals surface area contributed by atoms with Crippen molar-refractivity contribution in [2.24, 2.45) is 0 Å². The molecule has 0 aromatic carbocycles. The Morgan fingerprint density at radius 1 is 1.57 bits per heavy atom. The van der Waals surface area contributed by atoms with Gasteiger partial charge in [-0.1, -0.05) is 0 Å². The molecule has 78 valence electrons. The van der Waals surface area contributed by atoms with Crippen molar-refractivity contribution >= 4 is 5.82 Å². The lowest BCUT2D eigenvalue weighted by Crippen LogP contribution is -2.22. The number of hydrogen-bond donors (Lipinski definition) is 1. The zero-order valence-corrected chi connectivity index (χ0v) is 8.73. The molecule has 2 N–H and O–H groups in total. The van der Waals surface area contributed by atoms with Gasteiger partial charge in [-0.15, -0.1) is 0 Å². The van der Waals surface area contributed by atoms with E-state index in [0.717, 1.165) is 19.7 Å². The van der Waals surface area contributed by atoms with Crippen LogP contribution in [0.15, 0.2) is 18.3 Å². The molecule has 1 rings (SSSR count). The first-order valence-electron chi connectivity index (χ1n) is 4.60. The first-order chi connectivity index (χ1) is 6.72. The molecule has 0 saturated heterocycles. The summed E-state index contributed by atoms with van der Waals surface area (Å²) in [4.78, 5) is 6.12. The molecule has 0 atom stereocenters. The van der Waals surface area contributed by atoms with Gasteiger partial charge in [-0.25, -0.2) is 4.98 Å². The molecule has 0 unspecified atom stereocenters. The van der Waals surface area contributed by atoms with Gasteiger partial charge in [0.25, 0.3) is 0 Å². The van der Waals surface area contributed by atoms with Crippen LogP contribution in [0.4, 0.5) is 5.82 Å². The number of hydrogen-bond acceptors (Lipinski definition) is 4. The van der Waals surface area contributed by atoms with Crippen LogP contribution >= 0.6 is 0 Å². The van der Waals surface area contributed by atoms with Gasteiger partial charge in [0.05, 0.1) is 6.61 Å². The van der Waals surface area contributed by atoms with Crippen molar-refractivity contribution < 1.29 is 4.74 Å². The van der Waals surface area contributed by atoms with Crippen LogP contribution in [0, 0.1) is 0 Å². The summed E-state index contributed by atoms with van der Waals surface area (Å²) < 4.78 is 5.00. The van der Waals surface area contributed by atoms with E-state index in [9.17, 15) is 0 Å². The van der Waals surface area contributed by atoms with Gasteiger partial charge in [-0.2, -0.15) is 0 Å². The molecule has 0 aliphatic rings. The summed E-state index contributed by atoms with van der Waals surface area (Å²) in [7, 11) is 3.76. The zero-order chi connectivity index (χ0) is 10.4. The van der Waals surface area contributed by atoms with E-state index in [0.29, 0.717) is 5.82 Å². The molecule has 0 aliphatic heterocycles. The third kappa shape index (κ3) is 3.72. The Hall–Kier alpha value is -1.13. The Morgan fingerprint density at radius 3 is 3.00 bits per heavy atom. The van der Waals surface area contributed by atoms with E-state index in [-0.39, 0.29) is 0 Å². The number of nitrogens with two attached hydrogens (primary N) is 1. The SMILES string of the molecule is COCCN(C)Cc1ccnc(N)c1. The Kier molecular flexibility index (Phi) is 4.35. The van der Waals surface area contributed by atoms with Crippen LogP contribution in [0.25, 0.3) is 0 Å². The third-order valence-electron chi connectivity index (χ3n) is 1.98. The Labute approximate surface area is 84.7 Å². The summed E-state index contributed by atoms with van der Waals surface area (Å²) in [6.07, 6.45) is 1.73. The highest BCUT2D eigenvalue weighted by atomic mass is 16.5. The fraction of sp³-hybridized carbons (Fsp3) is 0.500. The minimum absolute atomic E-state index is 0.572. The number of aromatic nitrogens is 1. The second kappa shape index (κ2) is 5.57. The molecular formula is C10H17N3O. The normalized spacial score (nSPS) is 10.8. The summed E-state index contributed by atoms with van der Waals surface area (Å²) in [5.41, 5.74) is 6.76. The molecule has 0 spiro atoms. The van der Waals surface area contributed by atoms with Crippen molar-refractivity contribution in [1.29, 1.82) is 0 Å². The number of anilines is 1. The van der Waals surface area contributed by atoms with E-state index in [2.05, 4.69) is 16.9 Å². The largest absolute Gasteiger partial charge is 0.384 e. The second-order valence-electron chi connectivity index (χ2n) is 3.32. The maximum absolute atomic E-state index is 5.58.